The van der Waals surface area contributed by atoms with Gasteiger partial charge in [0.05, 0.1) is 11.0 Å². The summed E-state index contributed by atoms with van der Waals surface area (Å²) < 4.78 is 0. The summed E-state index contributed by atoms with van der Waals surface area (Å²) in [5.41, 5.74) is 1.92. The van der Waals surface area contributed by atoms with E-state index in [1.165, 1.54) is 4.80 Å². The van der Waals surface area contributed by atoms with Crippen molar-refractivity contribution in [2.75, 3.05) is 0 Å². The number of rotatable bonds is 1. The largest absolute Gasteiger partial charge is 0.411 e. The van der Waals surface area contributed by atoms with Crippen LogP contribution in [0, 0.1) is 5.41 Å². The molecule has 1 aromatic rings. The molecule has 17 heavy (non-hydrogen) atoms. The van der Waals surface area contributed by atoms with Crippen LogP contribution in [0.15, 0.2) is 48.5 Å². The Bertz CT molecular complexity index is 683. The SMILES string of the molecule is N=c1ccc2nn(-c3ccccc3)n(O)c-2c1. The minimum Gasteiger partial charge on any atom is -0.411 e. The van der Waals surface area contributed by atoms with Crippen LogP contribution >= 0.6 is 0 Å². The second kappa shape index (κ2) is 3.48. The van der Waals surface area contributed by atoms with E-state index in [4.69, 9.17) is 5.41 Å². The maximum absolute atomic E-state index is 10.0. The maximum atomic E-state index is 10.0. The van der Waals surface area contributed by atoms with Crippen LogP contribution in [0.5, 0.6) is 0 Å². The summed E-state index contributed by atoms with van der Waals surface area (Å²) in [6, 6.07) is 14.3. The fourth-order valence-electron chi connectivity index (χ4n) is 1.74. The van der Waals surface area contributed by atoms with Crippen LogP contribution in [-0.2, 0) is 0 Å². The van der Waals surface area contributed by atoms with Crippen LogP contribution in [0.4, 0.5) is 0 Å². The summed E-state index contributed by atoms with van der Waals surface area (Å²) in [5, 5.41) is 22.1. The fraction of sp³-hybridized carbons (Fsp3) is 0. The Morgan fingerprint density at radius 3 is 2.59 bits per heavy atom. The van der Waals surface area contributed by atoms with Gasteiger partial charge in [-0.3, -0.25) is 0 Å². The van der Waals surface area contributed by atoms with E-state index >= 15 is 0 Å². The second-order valence-corrected chi connectivity index (χ2v) is 3.72. The molecule has 5 heteroatoms. The standard InChI is InChI=1S/C12H10N4O/c13-9-6-7-11-12(8-9)16(17)15(14-11)10-4-2-1-3-5-10/h1-8,13,17H. The van der Waals surface area contributed by atoms with Crippen molar-refractivity contribution < 1.29 is 5.21 Å². The molecule has 1 aromatic carbocycles. The lowest BCUT2D eigenvalue weighted by atomic mass is 10.2. The first-order valence-electron chi connectivity index (χ1n) is 5.17. The molecule has 0 aromatic heterocycles. The molecule has 0 radical (unpaired) electrons. The quantitative estimate of drug-likeness (QED) is 0.617. The zero-order valence-corrected chi connectivity index (χ0v) is 8.91. The molecule has 2 N–H and O–H groups in total. The number of hydrogen-bond donors (Lipinski definition) is 2. The topological polar surface area (TPSA) is 66.8 Å². The van der Waals surface area contributed by atoms with Crippen molar-refractivity contribution in [3.05, 3.63) is 53.9 Å². The van der Waals surface area contributed by atoms with Gasteiger partial charge in [0.2, 0.25) is 0 Å². The molecular formula is C12H10N4O. The molecule has 1 aliphatic carbocycles. The van der Waals surface area contributed by atoms with Crippen molar-refractivity contribution in [2.45, 2.75) is 0 Å². The smallest absolute Gasteiger partial charge is 0.130 e. The van der Waals surface area contributed by atoms with Gasteiger partial charge < -0.3 is 10.6 Å². The van der Waals surface area contributed by atoms with Crippen LogP contribution in [0.25, 0.3) is 17.1 Å². The van der Waals surface area contributed by atoms with Crippen LogP contribution in [0.1, 0.15) is 0 Å². The van der Waals surface area contributed by atoms with Gasteiger partial charge in [-0.05, 0) is 30.3 Å². The molecule has 0 spiro atoms. The van der Waals surface area contributed by atoms with E-state index in [0.717, 1.165) is 10.5 Å². The summed E-state index contributed by atoms with van der Waals surface area (Å²) >= 11 is 0. The van der Waals surface area contributed by atoms with Gasteiger partial charge in [-0.25, -0.2) is 0 Å². The zero-order chi connectivity index (χ0) is 11.8. The summed E-state index contributed by atoms with van der Waals surface area (Å²) in [4.78, 5) is 2.34. The average Bonchev–Trinajstić information content (AvgIpc) is 2.68. The highest BCUT2D eigenvalue weighted by Gasteiger charge is 2.14. The normalized spacial score (nSPS) is 10.8. The molecular weight excluding hydrogens is 216 g/mol. The van der Waals surface area contributed by atoms with E-state index in [9.17, 15) is 5.21 Å². The number of nitrogens with zero attached hydrogens (tertiary/aromatic N) is 3. The molecule has 0 amide bonds. The van der Waals surface area contributed by atoms with E-state index in [1.807, 2.05) is 30.3 Å². The lowest BCUT2D eigenvalue weighted by molar-refractivity contribution is 0.125. The van der Waals surface area contributed by atoms with Crippen molar-refractivity contribution in [2.24, 2.45) is 0 Å². The minimum absolute atomic E-state index is 0.341. The number of para-hydroxylation sites is 1. The summed E-state index contributed by atoms with van der Waals surface area (Å²) in [6.45, 7) is 0. The molecule has 84 valence electrons. The number of benzene rings is 2. The first-order valence-corrected chi connectivity index (χ1v) is 5.17. The molecule has 2 aliphatic rings. The van der Waals surface area contributed by atoms with Crippen molar-refractivity contribution in [1.82, 2.24) is 14.7 Å². The molecule has 0 unspecified atom stereocenters. The number of nitrogens with one attached hydrogen (secondary N) is 1. The maximum Gasteiger partial charge on any atom is 0.130 e. The molecule has 0 atom stereocenters. The minimum atomic E-state index is 0.341. The van der Waals surface area contributed by atoms with Gasteiger partial charge in [-0.1, -0.05) is 23.0 Å². The Morgan fingerprint density at radius 1 is 1.06 bits per heavy atom. The number of fused-ring (bicyclic) bond motifs is 1. The third kappa shape index (κ3) is 1.48. The Hall–Kier alpha value is -2.56. The highest BCUT2D eigenvalue weighted by atomic mass is 16.5. The van der Waals surface area contributed by atoms with E-state index in [0.29, 0.717) is 16.7 Å². The third-order valence-electron chi connectivity index (χ3n) is 2.56. The van der Waals surface area contributed by atoms with Crippen LogP contribution < -0.4 is 5.36 Å². The van der Waals surface area contributed by atoms with E-state index in [-0.39, 0.29) is 0 Å². The molecule has 0 saturated heterocycles. The first kappa shape index (κ1) is 9.65. The van der Waals surface area contributed by atoms with Crippen molar-refractivity contribution in [1.29, 1.82) is 5.41 Å². The van der Waals surface area contributed by atoms with E-state index < -0.39 is 0 Å². The summed E-state index contributed by atoms with van der Waals surface area (Å²) in [7, 11) is 0. The summed E-state index contributed by atoms with van der Waals surface area (Å²) in [6.07, 6.45) is 0. The predicted octanol–water partition coefficient (Wildman–Crippen LogP) is 1.50. The van der Waals surface area contributed by atoms with Gasteiger partial charge in [0.15, 0.2) is 0 Å². The monoisotopic (exact) mass is 226 g/mol. The Labute approximate surface area is 97.0 Å². The van der Waals surface area contributed by atoms with Gasteiger partial charge >= 0.3 is 0 Å². The predicted molar refractivity (Wildman–Crippen MR) is 61.2 cm³/mol. The fourth-order valence-corrected chi connectivity index (χ4v) is 1.74. The number of aromatic nitrogens is 3. The molecule has 1 aliphatic heterocycles. The van der Waals surface area contributed by atoms with Crippen LogP contribution in [0.2, 0.25) is 0 Å². The lowest BCUT2D eigenvalue weighted by Gasteiger charge is -2.03. The highest BCUT2D eigenvalue weighted by molar-refractivity contribution is 5.55. The van der Waals surface area contributed by atoms with E-state index in [1.54, 1.807) is 18.2 Å². The molecule has 5 nitrogen and oxygen atoms in total. The first-order chi connectivity index (χ1) is 8.25. The molecule has 3 rings (SSSR count). The van der Waals surface area contributed by atoms with Gasteiger partial charge in [0, 0.05) is 0 Å². The van der Waals surface area contributed by atoms with Crippen LogP contribution in [-0.4, -0.2) is 19.9 Å². The Balaban J connectivity index is 2.29. The molecule has 0 fully saturated rings. The second-order valence-electron chi connectivity index (χ2n) is 3.72. The molecule has 1 heterocycles. The highest BCUT2D eigenvalue weighted by Crippen LogP contribution is 2.18. The van der Waals surface area contributed by atoms with Gasteiger partial charge in [0.25, 0.3) is 0 Å². The van der Waals surface area contributed by atoms with Gasteiger partial charge in [-0.2, -0.15) is 0 Å². The lowest BCUT2D eigenvalue weighted by Crippen LogP contribution is -2.09. The molecule has 0 saturated carbocycles. The summed E-state index contributed by atoms with van der Waals surface area (Å²) in [5.74, 6) is 0. The van der Waals surface area contributed by atoms with E-state index in [2.05, 4.69) is 5.10 Å². The third-order valence-corrected chi connectivity index (χ3v) is 2.56. The van der Waals surface area contributed by atoms with Crippen molar-refractivity contribution in [3.63, 3.8) is 0 Å². The molecule has 0 bridgehead atoms. The van der Waals surface area contributed by atoms with Crippen molar-refractivity contribution in [3.8, 4) is 17.1 Å². The Kier molecular flexibility index (Phi) is 1.98. The number of hydrogen-bond acceptors (Lipinski definition) is 3. The zero-order valence-electron chi connectivity index (χ0n) is 8.91. The average molecular weight is 226 g/mol. The van der Waals surface area contributed by atoms with Crippen molar-refractivity contribution >= 4 is 0 Å². The Morgan fingerprint density at radius 2 is 1.82 bits per heavy atom. The van der Waals surface area contributed by atoms with Gasteiger partial charge in [-0.15, -0.1) is 9.90 Å². The van der Waals surface area contributed by atoms with Crippen LogP contribution in [0.3, 0.4) is 0 Å². The van der Waals surface area contributed by atoms with Gasteiger partial charge in [0.1, 0.15) is 11.4 Å².